The minimum Gasteiger partial charge on any atom is -0.210 e. The van der Waals surface area contributed by atoms with Crippen molar-refractivity contribution in [3.63, 3.8) is 0 Å². The SMILES string of the molecule is CC(c1cccc(Cl)c1Cl)C(F)F. The first kappa shape index (κ1) is 10.7. The predicted molar refractivity (Wildman–Crippen MR) is 50.9 cm³/mol. The zero-order chi connectivity index (χ0) is 10.0. The fourth-order valence-corrected chi connectivity index (χ4v) is 1.49. The van der Waals surface area contributed by atoms with Gasteiger partial charge in [-0.1, -0.05) is 42.3 Å². The highest BCUT2D eigenvalue weighted by atomic mass is 35.5. The van der Waals surface area contributed by atoms with Gasteiger partial charge in [0, 0.05) is 5.92 Å². The van der Waals surface area contributed by atoms with Crippen molar-refractivity contribution < 1.29 is 8.78 Å². The summed E-state index contributed by atoms with van der Waals surface area (Å²) in [6, 6.07) is 4.75. The predicted octanol–water partition coefficient (Wildman–Crippen LogP) is 4.36. The van der Waals surface area contributed by atoms with Crippen LogP contribution in [0.2, 0.25) is 10.0 Å². The summed E-state index contributed by atoms with van der Waals surface area (Å²) in [5.74, 6) is -0.883. The summed E-state index contributed by atoms with van der Waals surface area (Å²) >= 11 is 11.5. The first-order chi connectivity index (χ1) is 6.04. The minimum atomic E-state index is -2.42. The molecule has 0 bridgehead atoms. The van der Waals surface area contributed by atoms with Crippen LogP contribution in [0.5, 0.6) is 0 Å². The van der Waals surface area contributed by atoms with Crippen LogP contribution in [0, 0.1) is 0 Å². The van der Waals surface area contributed by atoms with Crippen molar-refractivity contribution in [3.8, 4) is 0 Å². The third-order valence-corrected chi connectivity index (χ3v) is 2.68. The van der Waals surface area contributed by atoms with Gasteiger partial charge in [-0.05, 0) is 11.6 Å². The molecule has 1 unspecified atom stereocenters. The lowest BCUT2D eigenvalue weighted by molar-refractivity contribution is 0.121. The molecule has 0 N–H and O–H groups in total. The topological polar surface area (TPSA) is 0 Å². The first-order valence-corrected chi connectivity index (χ1v) is 4.51. The molecule has 4 heteroatoms. The Bertz CT molecular complexity index is 300. The van der Waals surface area contributed by atoms with Crippen LogP contribution in [0.15, 0.2) is 18.2 Å². The van der Waals surface area contributed by atoms with Crippen LogP contribution in [-0.2, 0) is 0 Å². The molecule has 72 valence electrons. The Hall–Kier alpha value is -0.340. The molecule has 1 aromatic rings. The zero-order valence-corrected chi connectivity index (χ0v) is 8.41. The molecule has 0 saturated carbocycles. The van der Waals surface area contributed by atoms with Gasteiger partial charge in [0.1, 0.15) is 0 Å². The van der Waals surface area contributed by atoms with Crippen LogP contribution >= 0.6 is 23.2 Å². The second-order valence-electron chi connectivity index (χ2n) is 2.77. The Morgan fingerprint density at radius 2 is 1.85 bits per heavy atom. The van der Waals surface area contributed by atoms with Crippen LogP contribution in [-0.4, -0.2) is 6.43 Å². The summed E-state index contributed by atoms with van der Waals surface area (Å²) in [7, 11) is 0. The first-order valence-electron chi connectivity index (χ1n) is 3.76. The Morgan fingerprint density at radius 3 is 2.38 bits per heavy atom. The van der Waals surface area contributed by atoms with Gasteiger partial charge >= 0.3 is 0 Å². The lowest BCUT2D eigenvalue weighted by atomic mass is 10.0. The molecule has 13 heavy (non-hydrogen) atoms. The van der Waals surface area contributed by atoms with E-state index in [9.17, 15) is 8.78 Å². The van der Waals surface area contributed by atoms with E-state index in [0.29, 0.717) is 10.6 Å². The van der Waals surface area contributed by atoms with Gasteiger partial charge in [0.15, 0.2) is 0 Å². The van der Waals surface area contributed by atoms with Gasteiger partial charge in [-0.25, -0.2) is 8.78 Å². The molecule has 1 rings (SSSR count). The van der Waals surface area contributed by atoms with E-state index in [1.165, 1.54) is 6.92 Å². The average molecular weight is 225 g/mol. The van der Waals surface area contributed by atoms with Crippen LogP contribution < -0.4 is 0 Å². The quantitative estimate of drug-likeness (QED) is 0.701. The largest absolute Gasteiger partial charge is 0.245 e. The second-order valence-corrected chi connectivity index (χ2v) is 3.55. The number of halogens is 4. The lowest BCUT2D eigenvalue weighted by Gasteiger charge is -2.12. The van der Waals surface area contributed by atoms with Gasteiger partial charge in [-0.2, -0.15) is 0 Å². The van der Waals surface area contributed by atoms with Crippen molar-refractivity contribution in [1.29, 1.82) is 0 Å². The van der Waals surface area contributed by atoms with E-state index in [0.717, 1.165) is 0 Å². The van der Waals surface area contributed by atoms with Crippen molar-refractivity contribution in [2.45, 2.75) is 19.3 Å². The molecule has 0 aliphatic rings. The molecule has 0 fully saturated rings. The van der Waals surface area contributed by atoms with E-state index in [4.69, 9.17) is 23.2 Å². The number of hydrogen-bond acceptors (Lipinski definition) is 0. The van der Waals surface area contributed by atoms with Gasteiger partial charge in [0.25, 0.3) is 0 Å². The molecule has 0 spiro atoms. The normalized spacial score (nSPS) is 13.4. The van der Waals surface area contributed by atoms with Crippen LogP contribution in [0.3, 0.4) is 0 Å². The molecule has 0 radical (unpaired) electrons. The van der Waals surface area contributed by atoms with E-state index in [2.05, 4.69) is 0 Å². The van der Waals surface area contributed by atoms with Gasteiger partial charge in [0.2, 0.25) is 6.43 Å². The highest BCUT2D eigenvalue weighted by Gasteiger charge is 2.20. The highest BCUT2D eigenvalue weighted by Crippen LogP contribution is 2.33. The van der Waals surface area contributed by atoms with Crippen molar-refractivity contribution in [2.24, 2.45) is 0 Å². The molecule has 0 aliphatic heterocycles. The Balaban J connectivity index is 3.07. The van der Waals surface area contributed by atoms with Crippen molar-refractivity contribution in [3.05, 3.63) is 33.8 Å². The molecule has 0 saturated heterocycles. The number of rotatable bonds is 2. The molecular weight excluding hydrogens is 217 g/mol. The van der Waals surface area contributed by atoms with Gasteiger partial charge in [-0.15, -0.1) is 0 Å². The Morgan fingerprint density at radius 1 is 1.23 bits per heavy atom. The number of hydrogen-bond donors (Lipinski definition) is 0. The van der Waals surface area contributed by atoms with Gasteiger partial charge in [0.05, 0.1) is 10.0 Å². The fraction of sp³-hybridized carbons (Fsp3) is 0.333. The van der Waals surface area contributed by atoms with E-state index < -0.39 is 12.3 Å². The summed E-state index contributed by atoms with van der Waals surface area (Å²) in [5, 5.41) is 0.531. The standard InChI is InChI=1S/C9H8Cl2F2/c1-5(9(12)13)6-3-2-4-7(10)8(6)11/h2-5,9H,1H3. The Labute approximate surface area is 85.5 Å². The highest BCUT2D eigenvalue weighted by molar-refractivity contribution is 6.42. The zero-order valence-electron chi connectivity index (χ0n) is 6.90. The molecule has 0 amide bonds. The maximum atomic E-state index is 12.3. The molecule has 0 nitrogen and oxygen atoms in total. The minimum absolute atomic E-state index is 0.219. The van der Waals surface area contributed by atoms with Crippen molar-refractivity contribution in [1.82, 2.24) is 0 Å². The summed E-state index contributed by atoms with van der Waals surface area (Å²) in [6.07, 6.45) is -2.42. The number of alkyl halides is 2. The molecule has 0 aliphatic carbocycles. The molecule has 0 aromatic heterocycles. The third-order valence-electron chi connectivity index (χ3n) is 1.85. The van der Waals surface area contributed by atoms with Crippen LogP contribution in [0.1, 0.15) is 18.4 Å². The maximum absolute atomic E-state index is 12.3. The van der Waals surface area contributed by atoms with Crippen LogP contribution in [0.4, 0.5) is 8.78 Å². The van der Waals surface area contributed by atoms with E-state index in [1.54, 1.807) is 18.2 Å². The van der Waals surface area contributed by atoms with Crippen LogP contribution in [0.25, 0.3) is 0 Å². The van der Waals surface area contributed by atoms with Crippen molar-refractivity contribution in [2.75, 3.05) is 0 Å². The molecule has 1 aromatic carbocycles. The third kappa shape index (κ3) is 2.32. The molecular formula is C9H8Cl2F2. The van der Waals surface area contributed by atoms with Gasteiger partial charge in [-0.3, -0.25) is 0 Å². The van der Waals surface area contributed by atoms with Gasteiger partial charge < -0.3 is 0 Å². The fourth-order valence-electron chi connectivity index (χ4n) is 1.01. The summed E-state index contributed by atoms with van der Waals surface area (Å²) in [4.78, 5) is 0. The smallest absolute Gasteiger partial charge is 0.210 e. The van der Waals surface area contributed by atoms with E-state index in [-0.39, 0.29) is 5.02 Å². The summed E-state index contributed by atoms with van der Waals surface area (Å²) < 4.78 is 24.6. The molecule has 0 heterocycles. The summed E-state index contributed by atoms with van der Waals surface area (Å²) in [5.41, 5.74) is 0.393. The van der Waals surface area contributed by atoms with E-state index >= 15 is 0 Å². The molecule has 1 atom stereocenters. The van der Waals surface area contributed by atoms with Crippen molar-refractivity contribution >= 4 is 23.2 Å². The number of benzene rings is 1. The monoisotopic (exact) mass is 224 g/mol. The second kappa shape index (κ2) is 4.25. The summed E-state index contributed by atoms with van der Waals surface area (Å²) in [6.45, 7) is 1.42. The van der Waals surface area contributed by atoms with E-state index in [1.807, 2.05) is 0 Å². The lowest BCUT2D eigenvalue weighted by Crippen LogP contribution is -2.05. The maximum Gasteiger partial charge on any atom is 0.245 e. The Kier molecular flexibility index (Phi) is 3.51. The average Bonchev–Trinajstić information content (AvgIpc) is 2.08.